The summed E-state index contributed by atoms with van der Waals surface area (Å²) in [6, 6.07) is 8.05. The molecule has 0 spiro atoms. The molecule has 2 heterocycles. The van der Waals surface area contributed by atoms with Gasteiger partial charge in [-0.2, -0.15) is 0 Å². The molecule has 1 aromatic carbocycles. The Kier molecular flexibility index (Phi) is 4.33. The molecule has 0 aliphatic rings. The van der Waals surface area contributed by atoms with E-state index in [0.717, 1.165) is 5.69 Å². The fraction of sp³-hybridized carbons (Fsp3) is 0.188. The van der Waals surface area contributed by atoms with Gasteiger partial charge in [0.15, 0.2) is 5.82 Å². The van der Waals surface area contributed by atoms with Gasteiger partial charge < -0.3 is 0 Å². The number of benzene rings is 1. The van der Waals surface area contributed by atoms with Crippen LogP contribution in [0.1, 0.15) is 25.5 Å². The van der Waals surface area contributed by atoms with Crippen LogP contribution in [0, 0.1) is 5.82 Å². The topological polar surface area (TPSA) is 42.0 Å². The first-order valence-corrected chi connectivity index (χ1v) is 7.76. The average molecular weight is 351 g/mol. The van der Waals surface area contributed by atoms with E-state index >= 15 is 0 Å². The van der Waals surface area contributed by atoms with E-state index in [4.69, 9.17) is 23.2 Å². The van der Waals surface area contributed by atoms with Crippen LogP contribution < -0.4 is 0 Å². The van der Waals surface area contributed by atoms with E-state index in [-0.39, 0.29) is 11.7 Å². The number of halogens is 3. The molecule has 23 heavy (non-hydrogen) atoms. The van der Waals surface area contributed by atoms with Crippen molar-refractivity contribution in [3.05, 3.63) is 58.1 Å². The van der Waals surface area contributed by atoms with E-state index in [1.165, 1.54) is 12.3 Å². The van der Waals surface area contributed by atoms with Crippen molar-refractivity contribution < 1.29 is 4.39 Å². The first kappa shape index (κ1) is 15.9. The second kappa shape index (κ2) is 6.26. The van der Waals surface area contributed by atoms with Crippen molar-refractivity contribution in [1.82, 2.24) is 9.38 Å². The van der Waals surface area contributed by atoms with Gasteiger partial charge in [-0.25, -0.2) is 9.37 Å². The van der Waals surface area contributed by atoms with Crippen LogP contribution in [0.5, 0.6) is 0 Å². The molecular weight excluding hydrogens is 338 g/mol. The zero-order chi connectivity index (χ0) is 16.6. The van der Waals surface area contributed by atoms with Crippen LogP contribution in [0.25, 0.3) is 5.65 Å². The summed E-state index contributed by atoms with van der Waals surface area (Å²) in [6.07, 6.45) is 1.33. The number of nitrogens with zero attached hydrogens (tertiary/aromatic N) is 4. The van der Waals surface area contributed by atoms with Crippen LogP contribution in [-0.4, -0.2) is 9.38 Å². The van der Waals surface area contributed by atoms with Crippen LogP contribution >= 0.6 is 23.2 Å². The highest BCUT2D eigenvalue weighted by Crippen LogP contribution is 2.35. The molecule has 0 unspecified atom stereocenters. The molecule has 2 aromatic heterocycles. The van der Waals surface area contributed by atoms with Gasteiger partial charge in [0.2, 0.25) is 0 Å². The summed E-state index contributed by atoms with van der Waals surface area (Å²) in [5.41, 5.74) is 1.70. The molecule has 0 fully saturated rings. The van der Waals surface area contributed by atoms with Gasteiger partial charge in [-0.05, 0) is 30.2 Å². The van der Waals surface area contributed by atoms with Crippen molar-refractivity contribution in [3.63, 3.8) is 0 Å². The number of azo groups is 1. The third kappa shape index (κ3) is 3.07. The summed E-state index contributed by atoms with van der Waals surface area (Å²) in [6.45, 7) is 3.97. The van der Waals surface area contributed by atoms with E-state index in [1.54, 1.807) is 28.7 Å². The highest BCUT2D eigenvalue weighted by Gasteiger charge is 2.16. The smallest absolute Gasteiger partial charge is 0.183 e. The van der Waals surface area contributed by atoms with Crippen LogP contribution in [0.2, 0.25) is 10.0 Å². The number of hydrogen-bond acceptors (Lipinski definition) is 3. The normalized spacial score (nSPS) is 11.9. The standard InChI is InChI=1S/C16H13Cl2FN4/c1-9(2)14-16(23-8-10(19)6-7-13(23)20-14)22-21-15-11(17)4-3-5-12(15)18/h3-9H,1-2H3. The molecule has 0 atom stereocenters. The average Bonchev–Trinajstić information content (AvgIpc) is 2.85. The third-order valence-corrected chi connectivity index (χ3v) is 3.92. The fourth-order valence-corrected chi connectivity index (χ4v) is 2.67. The summed E-state index contributed by atoms with van der Waals surface area (Å²) in [7, 11) is 0. The highest BCUT2D eigenvalue weighted by molar-refractivity contribution is 6.38. The summed E-state index contributed by atoms with van der Waals surface area (Å²) >= 11 is 12.2. The number of rotatable bonds is 3. The van der Waals surface area contributed by atoms with Crippen LogP contribution in [0.3, 0.4) is 0 Å². The molecule has 0 bridgehead atoms. The lowest BCUT2D eigenvalue weighted by Crippen LogP contribution is -1.88. The SMILES string of the molecule is CC(C)c1nc2ccc(F)cn2c1N=Nc1c(Cl)cccc1Cl. The van der Waals surface area contributed by atoms with E-state index in [2.05, 4.69) is 15.2 Å². The largest absolute Gasteiger partial charge is 0.280 e. The first-order valence-electron chi connectivity index (χ1n) is 7.00. The number of aromatic nitrogens is 2. The van der Waals surface area contributed by atoms with Crippen molar-refractivity contribution in [2.45, 2.75) is 19.8 Å². The monoisotopic (exact) mass is 350 g/mol. The lowest BCUT2D eigenvalue weighted by atomic mass is 10.1. The summed E-state index contributed by atoms with van der Waals surface area (Å²) in [5, 5.41) is 9.18. The molecule has 3 rings (SSSR count). The zero-order valence-corrected chi connectivity index (χ0v) is 14.0. The second-order valence-electron chi connectivity index (χ2n) is 5.32. The minimum absolute atomic E-state index is 0.105. The fourth-order valence-electron chi connectivity index (χ4n) is 2.19. The quantitative estimate of drug-likeness (QED) is 0.509. The lowest BCUT2D eigenvalue weighted by molar-refractivity contribution is 0.619. The predicted molar refractivity (Wildman–Crippen MR) is 89.9 cm³/mol. The molecule has 0 radical (unpaired) electrons. The molecule has 3 aromatic rings. The second-order valence-corrected chi connectivity index (χ2v) is 6.14. The van der Waals surface area contributed by atoms with Crippen LogP contribution in [0.4, 0.5) is 15.9 Å². The van der Waals surface area contributed by atoms with Crippen molar-refractivity contribution >= 4 is 40.4 Å². The van der Waals surface area contributed by atoms with Gasteiger partial charge in [-0.3, -0.25) is 4.40 Å². The Morgan fingerprint density at radius 1 is 1.09 bits per heavy atom. The van der Waals surface area contributed by atoms with Crippen molar-refractivity contribution in [2.24, 2.45) is 10.2 Å². The molecule has 118 valence electrons. The molecule has 0 N–H and O–H groups in total. The van der Waals surface area contributed by atoms with E-state index in [9.17, 15) is 4.39 Å². The molecule has 0 saturated carbocycles. The Labute approximate surface area is 142 Å². The maximum Gasteiger partial charge on any atom is 0.183 e. The Balaban J connectivity index is 2.17. The lowest BCUT2D eigenvalue weighted by Gasteiger charge is -2.03. The molecule has 7 heteroatoms. The Hall–Kier alpha value is -1.98. The minimum atomic E-state index is -0.377. The predicted octanol–water partition coefficient (Wildman–Crippen LogP) is 6.32. The van der Waals surface area contributed by atoms with Gasteiger partial charge in [0.05, 0.1) is 15.7 Å². The maximum absolute atomic E-state index is 13.6. The van der Waals surface area contributed by atoms with Gasteiger partial charge in [0.25, 0.3) is 0 Å². The van der Waals surface area contributed by atoms with Gasteiger partial charge in [-0.1, -0.05) is 43.1 Å². The summed E-state index contributed by atoms with van der Waals surface area (Å²) in [5.74, 6) is 0.191. The third-order valence-electron chi connectivity index (χ3n) is 3.31. The maximum atomic E-state index is 13.6. The van der Waals surface area contributed by atoms with Gasteiger partial charge in [0, 0.05) is 6.20 Å². The Morgan fingerprint density at radius 2 is 1.78 bits per heavy atom. The molecule has 0 amide bonds. The van der Waals surface area contributed by atoms with Crippen molar-refractivity contribution in [3.8, 4) is 0 Å². The van der Waals surface area contributed by atoms with E-state index in [1.807, 2.05) is 13.8 Å². The number of fused-ring (bicyclic) bond motifs is 1. The van der Waals surface area contributed by atoms with Crippen molar-refractivity contribution in [1.29, 1.82) is 0 Å². The molecular formula is C16H13Cl2FN4. The molecule has 0 aliphatic carbocycles. The molecule has 0 aliphatic heterocycles. The minimum Gasteiger partial charge on any atom is -0.280 e. The van der Waals surface area contributed by atoms with Crippen LogP contribution in [-0.2, 0) is 0 Å². The first-order chi connectivity index (χ1) is 11.0. The van der Waals surface area contributed by atoms with Gasteiger partial charge in [-0.15, -0.1) is 10.2 Å². The Bertz CT molecular complexity index is 882. The summed E-state index contributed by atoms with van der Waals surface area (Å²) in [4.78, 5) is 4.49. The van der Waals surface area contributed by atoms with Gasteiger partial charge >= 0.3 is 0 Å². The molecule has 0 saturated heterocycles. The van der Waals surface area contributed by atoms with Crippen LogP contribution in [0.15, 0.2) is 46.8 Å². The van der Waals surface area contributed by atoms with E-state index < -0.39 is 0 Å². The van der Waals surface area contributed by atoms with E-state index in [0.29, 0.717) is 27.2 Å². The van der Waals surface area contributed by atoms with Gasteiger partial charge in [0.1, 0.15) is 17.2 Å². The Morgan fingerprint density at radius 3 is 2.43 bits per heavy atom. The summed E-state index contributed by atoms with van der Waals surface area (Å²) < 4.78 is 15.1. The zero-order valence-electron chi connectivity index (χ0n) is 12.5. The molecule has 4 nitrogen and oxygen atoms in total. The number of pyridine rings is 1. The van der Waals surface area contributed by atoms with Crippen molar-refractivity contribution in [2.75, 3.05) is 0 Å². The number of imidazole rings is 1. The number of hydrogen-bond donors (Lipinski definition) is 0. The highest BCUT2D eigenvalue weighted by atomic mass is 35.5.